The summed E-state index contributed by atoms with van der Waals surface area (Å²) in [6, 6.07) is 3.47. The Morgan fingerprint density at radius 1 is 1.35 bits per heavy atom. The normalized spacial score (nSPS) is 11.8. The van der Waals surface area contributed by atoms with Crippen molar-refractivity contribution in [2.45, 2.75) is 6.92 Å². The first-order chi connectivity index (χ1) is 9.56. The van der Waals surface area contributed by atoms with Crippen molar-refractivity contribution in [3.63, 3.8) is 0 Å². The number of aromatic amines is 1. The maximum atomic E-state index is 13.6. The third-order valence-electron chi connectivity index (χ3n) is 2.87. The van der Waals surface area contributed by atoms with Gasteiger partial charge in [0.15, 0.2) is 11.6 Å². The molecule has 0 aliphatic carbocycles. The second-order valence-corrected chi connectivity index (χ2v) is 4.18. The number of hydrogen-bond acceptors (Lipinski definition) is 2. The third-order valence-corrected chi connectivity index (χ3v) is 2.87. The molecular weight excluding hydrogens is 269 g/mol. The van der Waals surface area contributed by atoms with Crippen LogP contribution in [-0.4, -0.2) is 24.0 Å². The number of ether oxygens (including phenoxy) is 1. The zero-order valence-corrected chi connectivity index (χ0v) is 11.0. The van der Waals surface area contributed by atoms with Crippen molar-refractivity contribution in [3.8, 4) is 17.0 Å². The molecule has 0 bridgehead atoms. The molecule has 1 N–H and O–H groups in total. The van der Waals surface area contributed by atoms with Crippen LogP contribution in [0.1, 0.15) is 12.6 Å². The summed E-state index contributed by atoms with van der Waals surface area (Å²) >= 11 is 0. The monoisotopic (exact) mass is 282 g/mol. The molecule has 2 rings (SSSR count). The van der Waals surface area contributed by atoms with Crippen LogP contribution in [0.15, 0.2) is 24.3 Å². The molecular formula is C14H13F3N2O. The fraction of sp³-hybridized carbons (Fsp3) is 0.214. The Bertz CT molecular complexity index is 650. The van der Waals surface area contributed by atoms with E-state index in [0.717, 1.165) is 12.1 Å². The van der Waals surface area contributed by atoms with Gasteiger partial charge >= 0.3 is 0 Å². The molecule has 0 fully saturated rings. The zero-order valence-electron chi connectivity index (χ0n) is 11.0. The van der Waals surface area contributed by atoms with Crippen molar-refractivity contribution < 1.29 is 17.9 Å². The summed E-state index contributed by atoms with van der Waals surface area (Å²) in [5, 5.41) is 6.65. The minimum Gasteiger partial charge on any atom is -0.493 e. The van der Waals surface area contributed by atoms with E-state index in [1.54, 1.807) is 13.0 Å². The first-order valence-corrected chi connectivity index (χ1v) is 5.88. The Morgan fingerprint density at radius 2 is 2.10 bits per heavy atom. The lowest BCUT2D eigenvalue weighted by molar-refractivity contribution is 0.386. The molecule has 2 aromatic rings. The molecule has 0 aliphatic heterocycles. The van der Waals surface area contributed by atoms with Crippen molar-refractivity contribution in [2.75, 3.05) is 13.8 Å². The van der Waals surface area contributed by atoms with Gasteiger partial charge in [0.05, 0.1) is 18.5 Å². The van der Waals surface area contributed by atoms with E-state index in [4.69, 9.17) is 4.74 Å². The molecule has 0 radical (unpaired) electrons. The predicted octanol–water partition coefficient (Wildman–Crippen LogP) is 3.74. The summed E-state index contributed by atoms with van der Waals surface area (Å²) in [5.41, 5.74) is 1.74. The van der Waals surface area contributed by atoms with Gasteiger partial charge in [0.25, 0.3) is 0 Å². The molecule has 1 aromatic carbocycles. The molecule has 0 aliphatic rings. The first kappa shape index (κ1) is 14.2. The Morgan fingerprint density at radius 3 is 2.75 bits per heavy atom. The minimum absolute atomic E-state index is 0.0753. The number of benzene rings is 1. The lowest BCUT2D eigenvalue weighted by Gasteiger charge is -2.07. The van der Waals surface area contributed by atoms with Gasteiger partial charge in [-0.05, 0) is 30.7 Å². The lowest BCUT2D eigenvalue weighted by atomic mass is 10.1. The summed E-state index contributed by atoms with van der Waals surface area (Å²) in [6.07, 6.45) is 1.36. The van der Waals surface area contributed by atoms with Crippen LogP contribution in [0.3, 0.4) is 0 Å². The van der Waals surface area contributed by atoms with Gasteiger partial charge in [-0.1, -0.05) is 0 Å². The molecule has 0 atom stereocenters. The van der Waals surface area contributed by atoms with E-state index in [1.165, 1.54) is 13.2 Å². The van der Waals surface area contributed by atoms with Gasteiger partial charge < -0.3 is 4.74 Å². The standard InChI is InChI=1S/C14H13F3N2O/c1-8(3-4-15)12-7-13(19-18-12)10-5-9(16)6-11(17)14(10)20-2/h3,5-7H,4H2,1-2H3,(H,18,19)/b8-3+. The van der Waals surface area contributed by atoms with Gasteiger partial charge in [-0.25, -0.2) is 13.2 Å². The maximum Gasteiger partial charge on any atom is 0.168 e. The van der Waals surface area contributed by atoms with Gasteiger partial charge in [-0.15, -0.1) is 0 Å². The summed E-state index contributed by atoms with van der Waals surface area (Å²) in [4.78, 5) is 0. The summed E-state index contributed by atoms with van der Waals surface area (Å²) < 4.78 is 44.1. The minimum atomic E-state index is -0.797. The van der Waals surface area contributed by atoms with Crippen molar-refractivity contribution in [2.24, 2.45) is 0 Å². The van der Waals surface area contributed by atoms with Crippen molar-refractivity contribution >= 4 is 5.57 Å². The average molecular weight is 282 g/mol. The summed E-state index contributed by atoms with van der Waals surface area (Å²) in [7, 11) is 1.30. The van der Waals surface area contributed by atoms with E-state index in [-0.39, 0.29) is 11.3 Å². The number of alkyl halides is 1. The quantitative estimate of drug-likeness (QED) is 0.927. The van der Waals surface area contributed by atoms with Crippen molar-refractivity contribution in [1.82, 2.24) is 10.2 Å². The number of allylic oxidation sites excluding steroid dienone is 2. The van der Waals surface area contributed by atoms with Crippen LogP contribution in [0.25, 0.3) is 16.8 Å². The Kier molecular flexibility index (Phi) is 4.12. The topological polar surface area (TPSA) is 37.9 Å². The van der Waals surface area contributed by atoms with Crippen molar-refractivity contribution in [1.29, 1.82) is 0 Å². The highest BCUT2D eigenvalue weighted by molar-refractivity contribution is 5.71. The number of aromatic nitrogens is 2. The average Bonchev–Trinajstić information content (AvgIpc) is 2.87. The van der Waals surface area contributed by atoms with E-state index in [9.17, 15) is 13.2 Å². The highest BCUT2D eigenvalue weighted by Crippen LogP contribution is 2.33. The predicted molar refractivity (Wildman–Crippen MR) is 70.1 cm³/mol. The highest BCUT2D eigenvalue weighted by atomic mass is 19.1. The van der Waals surface area contributed by atoms with Crippen LogP contribution in [0, 0.1) is 11.6 Å². The van der Waals surface area contributed by atoms with Gasteiger partial charge in [-0.3, -0.25) is 5.10 Å². The number of H-pyrrole nitrogens is 1. The number of halogens is 3. The van der Waals surface area contributed by atoms with Crippen LogP contribution in [0.2, 0.25) is 0 Å². The molecule has 6 heteroatoms. The van der Waals surface area contributed by atoms with Gasteiger partial charge in [0.2, 0.25) is 0 Å². The zero-order chi connectivity index (χ0) is 14.7. The molecule has 106 valence electrons. The Hall–Kier alpha value is -2.24. The number of hydrogen-bond donors (Lipinski definition) is 1. The summed E-state index contributed by atoms with van der Waals surface area (Å²) in [6.45, 7) is 1.09. The van der Waals surface area contributed by atoms with Gasteiger partial charge in [0, 0.05) is 11.6 Å². The molecule has 1 heterocycles. The number of nitrogens with one attached hydrogen (secondary N) is 1. The molecule has 3 nitrogen and oxygen atoms in total. The third kappa shape index (κ3) is 2.68. The van der Waals surface area contributed by atoms with Crippen LogP contribution in [0.5, 0.6) is 5.75 Å². The second-order valence-electron chi connectivity index (χ2n) is 4.18. The van der Waals surface area contributed by atoms with Crippen molar-refractivity contribution in [3.05, 3.63) is 41.6 Å². The first-order valence-electron chi connectivity index (χ1n) is 5.88. The Balaban J connectivity index is 2.50. The maximum absolute atomic E-state index is 13.6. The number of methoxy groups -OCH3 is 1. The molecule has 0 saturated carbocycles. The van der Waals surface area contributed by atoms with Gasteiger partial charge in [0.1, 0.15) is 12.5 Å². The van der Waals surface area contributed by atoms with E-state index >= 15 is 0 Å². The number of rotatable bonds is 4. The summed E-state index contributed by atoms with van der Waals surface area (Å²) in [5.74, 6) is -1.59. The molecule has 1 aromatic heterocycles. The van der Waals surface area contributed by atoms with E-state index in [2.05, 4.69) is 10.2 Å². The fourth-order valence-electron chi connectivity index (χ4n) is 1.85. The SMILES string of the molecule is COc1c(F)cc(F)cc1-c1cc(/C(C)=C/CF)n[nH]1. The molecule has 0 unspecified atom stereocenters. The second kappa shape index (κ2) is 5.81. The van der Waals surface area contributed by atoms with Crippen LogP contribution < -0.4 is 4.74 Å². The van der Waals surface area contributed by atoms with Crippen LogP contribution in [-0.2, 0) is 0 Å². The smallest absolute Gasteiger partial charge is 0.168 e. The number of nitrogens with zero attached hydrogens (tertiary/aromatic N) is 1. The molecule has 0 spiro atoms. The van der Waals surface area contributed by atoms with Gasteiger partial charge in [-0.2, -0.15) is 5.10 Å². The van der Waals surface area contributed by atoms with E-state index < -0.39 is 18.3 Å². The van der Waals surface area contributed by atoms with E-state index in [1.807, 2.05) is 0 Å². The van der Waals surface area contributed by atoms with E-state index in [0.29, 0.717) is 17.0 Å². The van der Waals surface area contributed by atoms with Crippen LogP contribution in [0.4, 0.5) is 13.2 Å². The Labute approximate surface area is 114 Å². The molecule has 20 heavy (non-hydrogen) atoms. The molecule has 0 amide bonds. The lowest BCUT2D eigenvalue weighted by Crippen LogP contribution is -1.94. The van der Waals surface area contributed by atoms with Crippen LogP contribution >= 0.6 is 0 Å². The highest BCUT2D eigenvalue weighted by Gasteiger charge is 2.16. The largest absolute Gasteiger partial charge is 0.493 e. The fourth-order valence-corrected chi connectivity index (χ4v) is 1.85. The molecule has 0 saturated heterocycles.